The molecule has 2 N–H and O–H groups in total. The summed E-state index contributed by atoms with van der Waals surface area (Å²) in [6.45, 7) is 4.61. The topological polar surface area (TPSA) is 98.5 Å². The molecular weight excluding hydrogens is 420 g/mol. The Morgan fingerprint density at radius 2 is 1.94 bits per heavy atom. The molecule has 0 unspecified atom stereocenters. The number of benzene rings is 2. The van der Waals surface area contributed by atoms with E-state index in [-0.39, 0.29) is 0 Å². The Hall–Kier alpha value is -3.65. The molecule has 172 valence electrons. The van der Waals surface area contributed by atoms with E-state index in [9.17, 15) is 4.79 Å². The minimum absolute atomic E-state index is 0.415. The van der Waals surface area contributed by atoms with Crippen molar-refractivity contribution in [3.63, 3.8) is 0 Å². The lowest BCUT2D eigenvalue weighted by Crippen LogP contribution is -2.22. The van der Waals surface area contributed by atoms with E-state index in [1.807, 2.05) is 55.5 Å². The third-order valence-corrected chi connectivity index (χ3v) is 5.39. The first kappa shape index (κ1) is 22.5. The number of rotatable bonds is 11. The molecule has 0 aliphatic carbocycles. The fraction of sp³-hybridized carbons (Fsp3) is 0.320. The summed E-state index contributed by atoms with van der Waals surface area (Å²) >= 11 is 0. The number of nitrogens with zero attached hydrogens (tertiary/aromatic N) is 3. The number of hydrogen-bond donors (Lipinski definition) is 2. The van der Waals surface area contributed by atoms with E-state index in [2.05, 4.69) is 14.9 Å². The summed E-state index contributed by atoms with van der Waals surface area (Å²) in [6.07, 6.45) is 2.34. The van der Waals surface area contributed by atoms with Crippen molar-refractivity contribution >= 4 is 28.0 Å². The molecule has 0 saturated heterocycles. The van der Waals surface area contributed by atoms with Crippen LogP contribution in [-0.4, -0.2) is 38.9 Å². The molecule has 8 heteroatoms. The summed E-state index contributed by atoms with van der Waals surface area (Å²) in [5.74, 6) is 1.61. The summed E-state index contributed by atoms with van der Waals surface area (Å²) in [7, 11) is 0. The zero-order valence-corrected chi connectivity index (χ0v) is 18.7. The molecule has 4 aromatic rings. The normalized spacial score (nSPS) is 11.2. The number of hydrogen-bond acceptors (Lipinski definition) is 5. The molecule has 1 amide bonds. The van der Waals surface area contributed by atoms with E-state index >= 15 is 0 Å². The molecule has 0 fully saturated rings. The monoisotopic (exact) mass is 448 g/mol. The Morgan fingerprint density at radius 1 is 1.09 bits per heavy atom. The molecular formula is C25H28N4O4. The maximum atomic E-state index is 10.7. The van der Waals surface area contributed by atoms with Gasteiger partial charge in [0.25, 0.3) is 0 Å². The quantitative estimate of drug-likeness (QED) is 0.321. The van der Waals surface area contributed by atoms with Crippen LogP contribution in [0.2, 0.25) is 0 Å². The molecule has 0 saturated carbocycles. The molecule has 0 aliphatic rings. The number of pyridine rings is 1. The van der Waals surface area contributed by atoms with Crippen molar-refractivity contribution in [3.8, 4) is 5.75 Å². The van der Waals surface area contributed by atoms with Gasteiger partial charge in [-0.3, -0.25) is 4.98 Å². The average Bonchev–Trinajstić information content (AvgIpc) is 3.19. The van der Waals surface area contributed by atoms with Crippen LogP contribution >= 0.6 is 0 Å². The van der Waals surface area contributed by atoms with Crippen LogP contribution in [0.4, 0.5) is 4.79 Å². The minimum Gasteiger partial charge on any atom is -0.489 e. The smallest absolute Gasteiger partial charge is 0.404 e. The van der Waals surface area contributed by atoms with E-state index in [1.165, 1.54) is 0 Å². The Morgan fingerprint density at radius 3 is 2.73 bits per heavy atom. The zero-order chi connectivity index (χ0) is 23.0. The van der Waals surface area contributed by atoms with Gasteiger partial charge in [0.2, 0.25) is 0 Å². The molecule has 0 radical (unpaired) electrons. The predicted molar refractivity (Wildman–Crippen MR) is 126 cm³/mol. The standard InChI is InChI=1S/C25H28N4O4/c1-2-32-17-23-28-22-15-27-21-14-19(33-16-18-8-4-3-5-9-18)10-11-20(21)24(22)29(23)13-7-6-12-26-25(30)31/h3-5,8-11,14-15,26H,2,6-7,12-13,16-17H2,1H3,(H,30,31). The number of nitrogens with one attached hydrogen (secondary N) is 1. The predicted octanol–water partition coefficient (Wildman–Crippen LogP) is 4.75. The largest absolute Gasteiger partial charge is 0.489 e. The van der Waals surface area contributed by atoms with E-state index in [0.29, 0.717) is 32.9 Å². The van der Waals surface area contributed by atoms with Crippen molar-refractivity contribution < 1.29 is 19.4 Å². The molecule has 2 aromatic heterocycles. The highest BCUT2D eigenvalue weighted by atomic mass is 16.5. The summed E-state index contributed by atoms with van der Waals surface area (Å²) < 4.78 is 13.8. The number of fused-ring (bicyclic) bond motifs is 3. The van der Waals surface area contributed by atoms with Crippen LogP contribution in [0.25, 0.3) is 21.9 Å². The third kappa shape index (κ3) is 5.59. The Kier molecular flexibility index (Phi) is 7.36. The summed E-state index contributed by atoms with van der Waals surface area (Å²) in [5.41, 5.74) is 3.77. The second-order valence-electron chi connectivity index (χ2n) is 7.70. The van der Waals surface area contributed by atoms with Gasteiger partial charge in [-0.1, -0.05) is 30.3 Å². The maximum absolute atomic E-state index is 10.7. The van der Waals surface area contributed by atoms with Gasteiger partial charge < -0.3 is 24.5 Å². The van der Waals surface area contributed by atoms with Gasteiger partial charge in [0.05, 0.1) is 17.2 Å². The van der Waals surface area contributed by atoms with Crippen LogP contribution < -0.4 is 10.1 Å². The zero-order valence-electron chi connectivity index (χ0n) is 18.7. The van der Waals surface area contributed by atoms with Gasteiger partial charge in [-0.2, -0.15) is 0 Å². The number of imidazole rings is 1. The number of carbonyl (C=O) groups is 1. The van der Waals surface area contributed by atoms with Gasteiger partial charge in [0, 0.05) is 31.1 Å². The highest BCUT2D eigenvalue weighted by Gasteiger charge is 2.15. The van der Waals surface area contributed by atoms with Crippen molar-refractivity contribution in [1.82, 2.24) is 19.9 Å². The van der Waals surface area contributed by atoms with Gasteiger partial charge in [-0.15, -0.1) is 0 Å². The van der Waals surface area contributed by atoms with E-state index < -0.39 is 6.09 Å². The lowest BCUT2D eigenvalue weighted by atomic mass is 10.1. The van der Waals surface area contributed by atoms with Crippen molar-refractivity contribution in [1.29, 1.82) is 0 Å². The fourth-order valence-corrected chi connectivity index (χ4v) is 3.81. The molecule has 2 heterocycles. The molecule has 2 aromatic carbocycles. The van der Waals surface area contributed by atoms with E-state index in [0.717, 1.165) is 51.9 Å². The number of carboxylic acid groups (broad SMARTS) is 1. The van der Waals surface area contributed by atoms with Crippen molar-refractivity contribution in [2.45, 2.75) is 39.5 Å². The van der Waals surface area contributed by atoms with Crippen LogP contribution in [0.5, 0.6) is 5.75 Å². The third-order valence-electron chi connectivity index (χ3n) is 5.39. The number of amides is 1. The van der Waals surface area contributed by atoms with Gasteiger partial charge in [-0.05, 0) is 37.5 Å². The van der Waals surface area contributed by atoms with Crippen molar-refractivity contribution in [2.24, 2.45) is 0 Å². The van der Waals surface area contributed by atoms with Crippen LogP contribution in [0.3, 0.4) is 0 Å². The van der Waals surface area contributed by atoms with Crippen LogP contribution in [-0.2, 0) is 24.5 Å². The van der Waals surface area contributed by atoms with Gasteiger partial charge in [0.15, 0.2) is 0 Å². The molecule has 0 aliphatic heterocycles. The Labute approximate surface area is 192 Å². The molecule has 8 nitrogen and oxygen atoms in total. The molecule has 0 atom stereocenters. The lowest BCUT2D eigenvalue weighted by molar-refractivity contribution is 0.126. The van der Waals surface area contributed by atoms with Crippen molar-refractivity contribution in [3.05, 3.63) is 66.1 Å². The van der Waals surface area contributed by atoms with E-state index in [4.69, 9.17) is 19.6 Å². The number of ether oxygens (including phenoxy) is 2. The highest BCUT2D eigenvalue weighted by molar-refractivity contribution is 6.02. The number of unbranched alkanes of at least 4 members (excludes halogenated alkanes) is 1. The molecule has 4 rings (SSSR count). The first-order chi connectivity index (χ1) is 16.2. The van der Waals surface area contributed by atoms with Gasteiger partial charge in [-0.25, -0.2) is 9.78 Å². The molecule has 0 spiro atoms. The van der Waals surface area contributed by atoms with Crippen LogP contribution in [0.1, 0.15) is 31.2 Å². The second-order valence-corrected chi connectivity index (χ2v) is 7.70. The second kappa shape index (κ2) is 10.8. The number of aryl methyl sites for hydroxylation is 1. The van der Waals surface area contributed by atoms with Crippen LogP contribution in [0.15, 0.2) is 54.7 Å². The summed E-state index contributed by atoms with van der Waals surface area (Å²) in [5, 5.41) is 12.2. The van der Waals surface area contributed by atoms with Crippen molar-refractivity contribution in [2.75, 3.05) is 13.2 Å². The Balaban J connectivity index is 1.60. The Bertz CT molecular complexity index is 1220. The summed E-state index contributed by atoms with van der Waals surface area (Å²) in [6, 6.07) is 16.0. The SMILES string of the molecule is CCOCc1nc2cnc3cc(OCc4ccccc4)ccc3c2n1CCCCNC(=O)O. The lowest BCUT2D eigenvalue weighted by Gasteiger charge is -2.11. The van der Waals surface area contributed by atoms with Gasteiger partial charge >= 0.3 is 6.09 Å². The molecule has 0 bridgehead atoms. The molecule has 33 heavy (non-hydrogen) atoms. The maximum Gasteiger partial charge on any atom is 0.404 e. The first-order valence-electron chi connectivity index (χ1n) is 11.1. The summed E-state index contributed by atoms with van der Waals surface area (Å²) in [4.78, 5) is 20.1. The first-order valence-corrected chi connectivity index (χ1v) is 11.1. The number of aromatic nitrogens is 3. The minimum atomic E-state index is -0.998. The highest BCUT2D eigenvalue weighted by Crippen LogP contribution is 2.28. The fourth-order valence-electron chi connectivity index (χ4n) is 3.81. The van der Waals surface area contributed by atoms with E-state index in [1.54, 1.807) is 6.20 Å². The van der Waals surface area contributed by atoms with Gasteiger partial charge in [0.1, 0.15) is 30.3 Å². The average molecular weight is 449 g/mol. The van der Waals surface area contributed by atoms with Crippen LogP contribution in [0, 0.1) is 0 Å².